The maximum atomic E-state index is 11.4. The van der Waals surface area contributed by atoms with Crippen molar-refractivity contribution in [1.82, 2.24) is 10.6 Å². The van der Waals surface area contributed by atoms with E-state index in [9.17, 15) is 9.59 Å². The maximum absolute atomic E-state index is 11.4. The average Bonchev–Trinajstić information content (AvgIpc) is 2.14. The zero-order chi connectivity index (χ0) is 10.6. The van der Waals surface area contributed by atoms with Crippen molar-refractivity contribution in [2.45, 2.75) is 24.9 Å². The Morgan fingerprint density at radius 2 is 1.29 bits per heavy atom. The highest BCUT2D eigenvalue weighted by Crippen LogP contribution is 2.05. The molecule has 0 bridgehead atoms. The number of carbonyl (C=O) groups is 2. The van der Waals surface area contributed by atoms with Crippen LogP contribution in [-0.2, 0) is 9.59 Å². The van der Waals surface area contributed by atoms with Gasteiger partial charge in [0, 0.05) is 11.8 Å². The first-order valence-corrected chi connectivity index (χ1v) is 5.48. The van der Waals surface area contributed by atoms with E-state index < -0.39 is 12.1 Å². The topological polar surface area (TPSA) is 58.2 Å². The summed E-state index contributed by atoms with van der Waals surface area (Å²) in [7, 11) is 0. The van der Waals surface area contributed by atoms with Crippen molar-refractivity contribution in [2.75, 3.05) is 11.8 Å². The molecule has 14 heavy (non-hydrogen) atoms. The summed E-state index contributed by atoms with van der Waals surface area (Å²) in [6.07, 6.45) is 0.902. The highest BCUT2D eigenvalue weighted by molar-refractivity contribution is 6.18. The number of hydrogen-bond donors (Lipinski definition) is 2. The van der Waals surface area contributed by atoms with Gasteiger partial charge in [0.15, 0.2) is 0 Å². The lowest BCUT2D eigenvalue weighted by molar-refractivity contribution is -0.136. The Bertz CT molecular complexity index is 211. The molecule has 0 aromatic heterocycles. The molecule has 1 aliphatic heterocycles. The third kappa shape index (κ3) is 2.75. The summed E-state index contributed by atoms with van der Waals surface area (Å²) < 4.78 is 0. The normalized spacial score (nSPS) is 27.0. The lowest BCUT2D eigenvalue weighted by atomic mass is 10.1. The molecular weight excluding hydrogens is 227 g/mol. The lowest BCUT2D eigenvalue weighted by Crippen LogP contribution is -2.61. The minimum atomic E-state index is -0.494. The van der Waals surface area contributed by atoms with Gasteiger partial charge in [-0.2, -0.15) is 0 Å². The van der Waals surface area contributed by atoms with Crippen LogP contribution >= 0.6 is 23.2 Å². The van der Waals surface area contributed by atoms with Crippen molar-refractivity contribution in [2.24, 2.45) is 0 Å². The molecular formula is C8H12Cl2N2O2. The van der Waals surface area contributed by atoms with E-state index in [2.05, 4.69) is 10.6 Å². The summed E-state index contributed by atoms with van der Waals surface area (Å²) in [5, 5.41) is 5.22. The third-order valence-corrected chi connectivity index (χ3v) is 2.50. The lowest BCUT2D eigenvalue weighted by Gasteiger charge is -2.28. The molecule has 2 N–H and O–H groups in total. The van der Waals surface area contributed by atoms with Crippen LogP contribution in [0.3, 0.4) is 0 Å². The SMILES string of the molecule is O=C1N[C@H](CCCl)C(=O)N[C@@H]1CCCl. The van der Waals surface area contributed by atoms with Crippen LogP contribution in [0.5, 0.6) is 0 Å². The highest BCUT2D eigenvalue weighted by atomic mass is 35.5. The van der Waals surface area contributed by atoms with Crippen molar-refractivity contribution < 1.29 is 9.59 Å². The molecule has 0 spiro atoms. The van der Waals surface area contributed by atoms with E-state index in [1.807, 2.05) is 0 Å². The second-order valence-corrected chi connectivity index (χ2v) is 3.83. The fourth-order valence-electron chi connectivity index (χ4n) is 1.30. The predicted octanol–water partition coefficient (Wildman–Crippen LogP) is 0.227. The summed E-state index contributed by atoms with van der Waals surface area (Å²) in [6, 6.07) is -0.988. The van der Waals surface area contributed by atoms with E-state index in [4.69, 9.17) is 23.2 Å². The number of rotatable bonds is 4. The number of halogens is 2. The second kappa shape index (κ2) is 5.41. The van der Waals surface area contributed by atoms with Gasteiger partial charge in [0.25, 0.3) is 0 Å². The van der Waals surface area contributed by atoms with Crippen molar-refractivity contribution in [3.05, 3.63) is 0 Å². The Kier molecular flexibility index (Phi) is 4.48. The monoisotopic (exact) mass is 238 g/mol. The number of amides is 2. The first-order valence-electron chi connectivity index (χ1n) is 4.41. The number of hydrogen-bond acceptors (Lipinski definition) is 2. The minimum absolute atomic E-state index is 0.180. The van der Waals surface area contributed by atoms with E-state index in [0.29, 0.717) is 24.6 Å². The predicted molar refractivity (Wildman–Crippen MR) is 54.5 cm³/mol. The van der Waals surface area contributed by atoms with E-state index in [1.165, 1.54) is 0 Å². The van der Waals surface area contributed by atoms with Crippen LogP contribution in [0.4, 0.5) is 0 Å². The molecule has 1 heterocycles. The quantitative estimate of drug-likeness (QED) is 0.690. The molecule has 6 heteroatoms. The molecule has 4 nitrogen and oxygen atoms in total. The van der Waals surface area contributed by atoms with Crippen LogP contribution in [0, 0.1) is 0 Å². The molecule has 1 rings (SSSR count). The fourth-order valence-corrected chi connectivity index (χ4v) is 1.74. The number of carbonyl (C=O) groups excluding carboxylic acids is 2. The third-order valence-electron chi connectivity index (χ3n) is 2.06. The first kappa shape index (κ1) is 11.6. The van der Waals surface area contributed by atoms with E-state index >= 15 is 0 Å². The first-order chi connectivity index (χ1) is 6.69. The molecule has 2 amide bonds. The Labute approximate surface area is 92.3 Å². The number of nitrogens with one attached hydrogen (secondary N) is 2. The molecule has 0 radical (unpaired) electrons. The Balaban J connectivity index is 2.53. The van der Waals surface area contributed by atoms with Crippen LogP contribution < -0.4 is 10.6 Å². The van der Waals surface area contributed by atoms with Crippen LogP contribution in [0.1, 0.15) is 12.8 Å². The summed E-state index contributed by atoms with van der Waals surface area (Å²) in [4.78, 5) is 22.8. The van der Waals surface area contributed by atoms with Crippen molar-refractivity contribution >= 4 is 35.0 Å². The van der Waals surface area contributed by atoms with Gasteiger partial charge in [0.1, 0.15) is 12.1 Å². The molecule has 0 aromatic carbocycles. The Hall–Kier alpha value is -0.480. The zero-order valence-electron chi connectivity index (χ0n) is 7.56. The van der Waals surface area contributed by atoms with Crippen LogP contribution in [-0.4, -0.2) is 35.7 Å². The van der Waals surface area contributed by atoms with Gasteiger partial charge >= 0.3 is 0 Å². The summed E-state index contributed by atoms with van der Waals surface area (Å²) in [6.45, 7) is 0. The second-order valence-electron chi connectivity index (χ2n) is 3.08. The molecule has 0 unspecified atom stereocenters. The fraction of sp³-hybridized carbons (Fsp3) is 0.750. The van der Waals surface area contributed by atoms with E-state index in [-0.39, 0.29) is 11.8 Å². The van der Waals surface area contributed by atoms with Gasteiger partial charge in [-0.25, -0.2) is 0 Å². The average molecular weight is 239 g/mol. The van der Waals surface area contributed by atoms with Gasteiger partial charge < -0.3 is 10.6 Å². The summed E-state index contributed by atoms with van der Waals surface area (Å²) in [5.74, 6) is 0.331. The molecule has 80 valence electrons. The van der Waals surface area contributed by atoms with Crippen LogP contribution in [0.2, 0.25) is 0 Å². The van der Waals surface area contributed by atoms with E-state index in [0.717, 1.165) is 0 Å². The van der Waals surface area contributed by atoms with Gasteiger partial charge in [-0.05, 0) is 12.8 Å². The zero-order valence-corrected chi connectivity index (χ0v) is 9.07. The maximum Gasteiger partial charge on any atom is 0.243 e. The molecule has 2 atom stereocenters. The number of alkyl halides is 2. The molecule has 0 saturated carbocycles. The standard InChI is InChI=1S/C8H12Cl2N2O2/c9-3-1-5-7(13)12-6(2-4-10)8(14)11-5/h5-6H,1-4H2,(H,11,14)(H,12,13)/t5-,6-/m1/s1. The molecule has 0 aromatic rings. The summed E-state index contributed by atoms with van der Waals surface area (Å²) in [5.41, 5.74) is 0. The van der Waals surface area contributed by atoms with Gasteiger partial charge in [-0.3, -0.25) is 9.59 Å². The van der Waals surface area contributed by atoms with Crippen molar-refractivity contribution in [1.29, 1.82) is 0 Å². The van der Waals surface area contributed by atoms with Crippen LogP contribution in [0.25, 0.3) is 0 Å². The Morgan fingerprint density at radius 1 is 0.929 bits per heavy atom. The molecule has 1 saturated heterocycles. The number of piperazine rings is 1. The van der Waals surface area contributed by atoms with Gasteiger partial charge in [0.05, 0.1) is 0 Å². The van der Waals surface area contributed by atoms with Gasteiger partial charge in [-0.15, -0.1) is 23.2 Å². The van der Waals surface area contributed by atoms with E-state index in [1.54, 1.807) is 0 Å². The smallest absolute Gasteiger partial charge is 0.243 e. The molecule has 1 aliphatic rings. The minimum Gasteiger partial charge on any atom is -0.342 e. The van der Waals surface area contributed by atoms with Crippen molar-refractivity contribution in [3.8, 4) is 0 Å². The van der Waals surface area contributed by atoms with Crippen molar-refractivity contribution in [3.63, 3.8) is 0 Å². The molecule has 0 aliphatic carbocycles. The van der Waals surface area contributed by atoms with Gasteiger partial charge in [0.2, 0.25) is 11.8 Å². The highest BCUT2D eigenvalue weighted by Gasteiger charge is 2.32. The van der Waals surface area contributed by atoms with Crippen LogP contribution in [0.15, 0.2) is 0 Å². The van der Waals surface area contributed by atoms with Gasteiger partial charge in [-0.1, -0.05) is 0 Å². The summed E-state index contributed by atoms with van der Waals surface area (Å²) >= 11 is 11.0. The Morgan fingerprint density at radius 3 is 1.57 bits per heavy atom. The molecule has 1 fully saturated rings. The largest absolute Gasteiger partial charge is 0.342 e.